The molecule has 0 amide bonds. The first kappa shape index (κ1) is 19.2. The van der Waals surface area contributed by atoms with E-state index in [1.165, 1.54) is 18.3 Å². The van der Waals surface area contributed by atoms with Crippen molar-refractivity contribution in [3.05, 3.63) is 89.9 Å². The summed E-state index contributed by atoms with van der Waals surface area (Å²) in [4.78, 5) is 3.44. The predicted molar refractivity (Wildman–Crippen MR) is 101 cm³/mol. The van der Waals surface area contributed by atoms with E-state index in [1.54, 1.807) is 30.3 Å². The number of nitriles is 1. The van der Waals surface area contributed by atoms with Crippen LogP contribution in [0.2, 0.25) is 0 Å². The fourth-order valence-electron chi connectivity index (χ4n) is 3.07. The Morgan fingerprint density at radius 3 is 2.23 bits per heavy atom. The van der Waals surface area contributed by atoms with E-state index in [-0.39, 0.29) is 16.8 Å². The third-order valence-corrected chi connectivity index (χ3v) is 4.48. The smallest absolute Gasteiger partial charge is 0.177 e. The first-order chi connectivity index (χ1) is 14.5. The zero-order valence-electron chi connectivity index (χ0n) is 15.1. The molecule has 0 fully saturated rings. The summed E-state index contributed by atoms with van der Waals surface area (Å²) in [6.45, 7) is 0. The Bertz CT molecular complexity index is 1290. The van der Waals surface area contributed by atoms with Crippen LogP contribution in [0.4, 0.5) is 17.6 Å². The van der Waals surface area contributed by atoms with Gasteiger partial charge in [-0.05, 0) is 35.4 Å². The van der Waals surface area contributed by atoms with Crippen molar-refractivity contribution in [1.82, 2.24) is 15.2 Å². The van der Waals surface area contributed by atoms with Crippen LogP contribution in [0, 0.1) is 34.6 Å². The summed E-state index contributed by atoms with van der Waals surface area (Å²) in [5, 5.41) is 16.8. The Hall–Kier alpha value is -4.12. The molecule has 146 valence electrons. The average molecular weight is 406 g/mol. The van der Waals surface area contributed by atoms with Crippen molar-refractivity contribution in [3.63, 3.8) is 0 Å². The van der Waals surface area contributed by atoms with E-state index in [0.717, 1.165) is 18.5 Å². The van der Waals surface area contributed by atoms with Crippen LogP contribution in [0.3, 0.4) is 0 Å². The van der Waals surface area contributed by atoms with Gasteiger partial charge in [-0.3, -0.25) is 4.98 Å². The zero-order chi connectivity index (χ0) is 21.3. The van der Waals surface area contributed by atoms with Crippen molar-refractivity contribution in [3.8, 4) is 39.6 Å². The third kappa shape index (κ3) is 3.37. The van der Waals surface area contributed by atoms with Gasteiger partial charge in [0.05, 0.1) is 35.4 Å². The topological polar surface area (TPSA) is 62.5 Å². The van der Waals surface area contributed by atoms with E-state index in [9.17, 15) is 22.8 Å². The summed E-state index contributed by atoms with van der Waals surface area (Å²) in [6, 6.07) is 12.0. The van der Waals surface area contributed by atoms with Crippen LogP contribution in [0.25, 0.3) is 33.5 Å². The molecule has 0 spiro atoms. The summed E-state index contributed by atoms with van der Waals surface area (Å²) in [5.74, 6) is -4.10. The molecule has 2 aromatic carbocycles. The van der Waals surface area contributed by atoms with E-state index >= 15 is 0 Å². The first-order valence-corrected chi connectivity index (χ1v) is 8.60. The quantitative estimate of drug-likeness (QED) is 0.433. The molecule has 8 heteroatoms. The molecule has 0 atom stereocenters. The molecule has 2 aromatic heterocycles. The first-order valence-electron chi connectivity index (χ1n) is 8.60. The lowest BCUT2D eigenvalue weighted by atomic mass is 9.96. The SMILES string of the molecule is N#Cc1c(-c2cccc(-c3cnnc(-c4c(F)cncc4F)c3)c2)ccc(F)c1F. The van der Waals surface area contributed by atoms with Gasteiger partial charge in [-0.15, -0.1) is 0 Å². The molecule has 0 aliphatic carbocycles. The largest absolute Gasteiger partial charge is 0.259 e. The van der Waals surface area contributed by atoms with Gasteiger partial charge in [-0.25, -0.2) is 17.6 Å². The molecule has 4 rings (SSSR count). The molecular formula is C22H10F4N4. The van der Waals surface area contributed by atoms with Gasteiger partial charge in [0.25, 0.3) is 0 Å². The lowest BCUT2D eigenvalue weighted by Gasteiger charge is -2.09. The number of nitrogens with zero attached hydrogens (tertiary/aromatic N) is 4. The Balaban J connectivity index is 1.82. The van der Waals surface area contributed by atoms with E-state index in [4.69, 9.17) is 0 Å². The van der Waals surface area contributed by atoms with Crippen molar-refractivity contribution in [2.75, 3.05) is 0 Å². The Morgan fingerprint density at radius 1 is 0.767 bits per heavy atom. The second-order valence-electron chi connectivity index (χ2n) is 6.28. The molecule has 0 saturated carbocycles. The molecule has 2 heterocycles. The van der Waals surface area contributed by atoms with Crippen molar-refractivity contribution in [1.29, 1.82) is 5.26 Å². The highest BCUT2D eigenvalue weighted by molar-refractivity contribution is 5.77. The Labute approximate surface area is 168 Å². The second-order valence-corrected chi connectivity index (χ2v) is 6.28. The summed E-state index contributed by atoms with van der Waals surface area (Å²) < 4.78 is 55.6. The molecule has 0 aliphatic rings. The number of hydrogen-bond donors (Lipinski definition) is 0. The maximum absolute atomic E-state index is 14.0. The zero-order valence-corrected chi connectivity index (χ0v) is 15.1. The van der Waals surface area contributed by atoms with Gasteiger partial charge >= 0.3 is 0 Å². The molecule has 0 radical (unpaired) electrons. The molecule has 4 aromatic rings. The predicted octanol–water partition coefficient (Wildman–Crippen LogP) is 5.30. The lowest BCUT2D eigenvalue weighted by molar-refractivity contribution is 0.507. The Kier molecular flexibility index (Phi) is 4.94. The Morgan fingerprint density at radius 2 is 1.50 bits per heavy atom. The number of rotatable bonds is 3. The maximum Gasteiger partial charge on any atom is 0.177 e. The van der Waals surface area contributed by atoms with Gasteiger partial charge in [0.15, 0.2) is 23.3 Å². The van der Waals surface area contributed by atoms with E-state index < -0.39 is 28.8 Å². The normalized spacial score (nSPS) is 10.6. The summed E-state index contributed by atoms with van der Waals surface area (Å²) >= 11 is 0. The lowest BCUT2D eigenvalue weighted by Crippen LogP contribution is -1.97. The number of pyridine rings is 1. The van der Waals surface area contributed by atoms with E-state index in [2.05, 4.69) is 15.2 Å². The van der Waals surface area contributed by atoms with Crippen LogP contribution < -0.4 is 0 Å². The van der Waals surface area contributed by atoms with Crippen molar-refractivity contribution in [2.45, 2.75) is 0 Å². The fourth-order valence-corrected chi connectivity index (χ4v) is 3.07. The standard InChI is InChI=1S/C22H10F4N4/c23-17-5-4-15(16(8-27)22(17)26)13-3-1-2-12(6-13)14-7-20(30-29-9-14)21-18(24)10-28-11-19(21)25/h1-7,9-11H. The van der Waals surface area contributed by atoms with Crippen LogP contribution in [0.15, 0.2) is 61.1 Å². The second kappa shape index (κ2) is 7.72. The minimum absolute atomic E-state index is 0.0270. The van der Waals surface area contributed by atoms with E-state index in [0.29, 0.717) is 16.7 Å². The van der Waals surface area contributed by atoms with Crippen molar-refractivity contribution < 1.29 is 17.6 Å². The van der Waals surface area contributed by atoms with Gasteiger partial charge in [-0.1, -0.05) is 18.2 Å². The van der Waals surface area contributed by atoms with Crippen LogP contribution in [-0.2, 0) is 0 Å². The van der Waals surface area contributed by atoms with Crippen LogP contribution in [0.5, 0.6) is 0 Å². The van der Waals surface area contributed by atoms with Gasteiger partial charge in [-0.2, -0.15) is 15.5 Å². The number of aromatic nitrogens is 3. The van der Waals surface area contributed by atoms with Crippen molar-refractivity contribution >= 4 is 0 Å². The van der Waals surface area contributed by atoms with Crippen LogP contribution in [0.1, 0.15) is 5.56 Å². The molecule has 0 unspecified atom stereocenters. The number of halogens is 4. The summed E-state index contributed by atoms with van der Waals surface area (Å²) in [5.41, 5.74) is 0.935. The molecule has 0 bridgehead atoms. The third-order valence-electron chi connectivity index (χ3n) is 4.48. The highest BCUT2D eigenvalue weighted by Gasteiger charge is 2.17. The minimum atomic E-state index is -1.23. The van der Waals surface area contributed by atoms with Crippen LogP contribution in [-0.4, -0.2) is 15.2 Å². The van der Waals surface area contributed by atoms with E-state index in [1.807, 2.05) is 0 Å². The minimum Gasteiger partial charge on any atom is -0.259 e. The summed E-state index contributed by atoms with van der Waals surface area (Å²) in [6.07, 6.45) is 3.15. The van der Waals surface area contributed by atoms with Gasteiger partial charge in [0, 0.05) is 11.1 Å². The van der Waals surface area contributed by atoms with Gasteiger partial charge < -0.3 is 0 Å². The monoisotopic (exact) mass is 406 g/mol. The van der Waals surface area contributed by atoms with Crippen LogP contribution >= 0.6 is 0 Å². The van der Waals surface area contributed by atoms with Gasteiger partial charge in [0.2, 0.25) is 0 Å². The van der Waals surface area contributed by atoms with Gasteiger partial charge in [0.1, 0.15) is 6.07 Å². The molecule has 30 heavy (non-hydrogen) atoms. The average Bonchev–Trinajstić information content (AvgIpc) is 2.76. The summed E-state index contributed by atoms with van der Waals surface area (Å²) in [7, 11) is 0. The number of hydrogen-bond acceptors (Lipinski definition) is 4. The molecule has 0 N–H and O–H groups in total. The molecule has 0 aliphatic heterocycles. The molecule has 4 nitrogen and oxygen atoms in total. The molecule has 0 saturated heterocycles. The fraction of sp³-hybridized carbons (Fsp3) is 0. The maximum atomic E-state index is 14.0. The number of benzene rings is 2. The van der Waals surface area contributed by atoms with Crippen molar-refractivity contribution in [2.24, 2.45) is 0 Å². The molecular weight excluding hydrogens is 396 g/mol. The highest BCUT2D eigenvalue weighted by Crippen LogP contribution is 2.32. The highest BCUT2D eigenvalue weighted by atomic mass is 19.2.